The first-order chi connectivity index (χ1) is 10.3. The van der Waals surface area contributed by atoms with Crippen molar-refractivity contribution in [2.24, 2.45) is 17.3 Å². The molecular formula is C18H26O4. The van der Waals surface area contributed by atoms with Crippen molar-refractivity contribution in [2.75, 3.05) is 0 Å². The topological polar surface area (TPSA) is 74.6 Å². The fourth-order valence-corrected chi connectivity index (χ4v) is 4.09. The second kappa shape index (κ2) is 6.27. The molecule has 1 fully saturated rings. The molecule has 0 saturated heterocycles. The number of carboxylic acid groups (broad SMARTS) is 2. The van der Waals surface area contributed by atoms with Crippen LogP contribution < -0.4 is 0 Å². The van der Waals surface area contributed by atoms with Crippen LogP contribution in [0.25, 0.3) is 0 Å². The summed E-state index contributed by atoms with van der Waals surface area (Å²) in [5, 5.41) is 19.4. The van der Waals surface area contributed by atoms with E-state index in [1.165, 1.54) is 6.42 Å². The third kappa shape index (κ3) is 2.71. The maximum absolute atomic E-state index is 12.2. The number of rotatable bonds is 4. The summed E-state index contributed by atoms with van der Waals surface area (Å²) >= 11 is 0. The summed E-state index contributed by atoms with van der Waals surface area (Å²) in [7, 11) is 0. The molecule has 0 heterocycles. The lowest BCUT2D eigenvalue weighted by Crippen LogP contribution is -2.43. The molecule has 0 spiro atoms. The molecule has 2 N–H and O–H groups in total. The van der Waals surface area contributed by atoms with Crippen LogP contribution in [0.3, 0.4) is 0 Å². The van der Waals surface area contributed by atoms with Crippen LogP contribution in [0.4, 0.5) is 0 Å². The highest BCUT2D eigenvalue weighted by atomic mass is 16.4. The van der Waals surface area contributed by atoms with E-state index in [4.69, 9.17) is 0 Å². The van der Waals surface area contributed by atoms with E-state index in [0.29, 0.717) is 5.57 Å². The summed E-state index contributed by atoms with van der Waals surface area (Å²) in [4.78, 5) is 23.7. The van der Waals surface area contributed by atoms with Gasteiger partial charge >= 0.3 is 11.9 Å². The first kappa shape index (κ1) is 16.8. The molecule has 22 heavy (non-hydrogen) atoms. The van der Waals surface area contributed by atoms with E-state index in [1.54, 1.807) is 6.92 Å². The van der Waals surface area contributed by atoms with E-state index in [2.05, 4.69) is 0 Å². The van der Waals surface area contributed by atoms with E-state index in [9.17, 15) is 19.8 Å². The molecule has 0 amide bonds. The summed E-state index contributed by atoms with van der Waals surface area (Å²) in [6.07, 6.45) is 7.47. The van der Waals surface area contributed by atoms with Gasteiger partial charge in [0.1, 0.15) is 0 Å². The van der Waals surface area contributed by atoms with Crippen LogP contribution in [0.5, 0.6) is 0 Å². The number of allylic oxidation sites excluding steroid dienone is 2. The third-order valence-corrected chi connectivity index (χ3v) is 5.49. The van der Waals surface area contributed by atoms with Crippen LogP contribution in [-0.4, -0.2) is 22.2 Å². The standard InChI is InChI=1S/C18H26O4/c1-11(2)18(17(21)22)10-14(16(19)20)12(3)9-15(18)13-7-5-4-6-8-13/h9,11,13H,4-8,10H2,1-3H3,(H,19,20)(H,21,22). The molecule has 2 rings (SSSR count). The highest BCUT2D eigenvalue weighted by molar-refractivity contribution is 5.92. The van der Waals surface area contributed by atoms with Crippen LogP contribution >= 0.6 is 0 Å². The van der Waals surface area contributed by atoms with E-state index < -0.39 is 17.4 Å². The summed E-state index contributed by atoms with van der Waals surface area (Å²) in [5.74, 6) is -1.74. The first-order valence-corrected chi connectivity index (χ1v) is 8.19. The van der Waals surface area contributed by atoms with Crippen molar-refractivity contribution in [2.45, 2.75) is 59.3 Å². The van der Waals surface area contributed by atoms with Crippen molar-refractivity contribution in [3.8, 4) is 0 Å². The summed E-state index contributed by atoms with van der Waals surface area (Å²) < 4.78 is 0. The van der Waals surface area contributed by atoms with E-state index >= 15 is 0 Å². The second-order valence-electron chi connectivity index (χ2n) is 7.01. The quantitative estimate of drug-likeness (QED) is 0.822. The van der Waals surface area contributed by atoms with Gasteiger partial charge in [0, 0.05) is 5.57 Å². The predicted octanol–water partition coefficient (Wildman–Crippen LogP) is 4.02. The van der Waals surface area contributed by atoms with Crippen molar-refractivity contribution in [1.82, 2.24) is 0 Å². The zero-order chi connectivity index (χ0) is 16.5. The Morgan fingerprint density at radius 2 is 1.77 bits per heavy atom. The fourth-order valence-electron chi connectivity index (χ4n) is 4.09. The monoisotopic (exact) mass is 306 g/mol. The molecule has 0 aromatic rings. The summed E-state index contributed by atoms with van der Waals surface area (Å²) in [6.45, 7) is 5.58. The minimum Gasteiger partial charge on any atom is -0.481 e. The van der Waals surface area contributed by atoms with Gasteiger partial charge < -0.3 is 10.2 Å². The number of hydrogen-bond acceptors (Lipinski definition) is 2. The lowest BCUT2D eigenvalue weighted by molar-refractivity contribution is -0.150. The van der Waals surface area contributed by atoms with Crippen LogP contribution in [0.15, 0.2) is 22.8 Å². The number of hydrogen-bond donors (Lipinski definition) is 2. The van der Waals surface area contributed by atoms with E-state index in [0.717, 1.165) is 31.3 Å². The van der Waals surface area contributed by atoms with Gasteiger partial charge in [0.25, 0.3) is 0 Å². The molecule has 0 bridgehead atoms. The Kier molecular flexibility index (Phi) is 4.78. The highest BCUT2D eigenvalue weighted by Gasteiger charge is 2.50. The lowest BCUT2D eigenvalue weighted by atomic mass is 9.59. The normalized spacial score (nSPS) is 27.0. The van der Waals surface area contributed by atoms with Crippen LogP contribution in [0.2, 0.25) is 0 Å². The Labute approximate surface area is 131 Å². The van der Waals surface area contributed by atoms with Gasteiger partial charge in [0.05, 0.1) is 5.41 Å². The van der Waals surface area contributed by atoms with Crippen molar-refractivity contribution in [3.05, 3.63) is 22.8 Å². The molecular weight excluding hydrogens is 280 g/mol. The van der Waals surface area contributed by atoms with Gasteiger partial charge in [-0.3, -0.25) is 4.79 Å². The van der Waals surface area contributed by atoms with Crippen LogP contribution in [0, 0.1) is 17.3 Å². The smallest absolute Gasteiger partial charge is 0.331 e. The molecule has 2 aliphatic rings. The molecule has 1 atom stereocenters. The zero-order valence-corrected chi connectivity index (χ0v) is 13.7. The van der Waals surface area contributed by atoms with Gasteiger partial charge in [-0.25, -0.2) is 4.79 Å². The molecule has 1 unspecified atom stereocenters. The lowest BCUT2D eigenvalue weighted by Gasteiger charge is -2.43. The first-order valence-electron chi connectivity index (χ1n) is 8.19. The van der Waals surface area contributed by atoms with Gasteiger partial charge in [-0.05, 0) is 49.2 Å². The van der Waals surface area contributed by atoms with Gasteiger partial charge in [0.15, 0.2) is 0 Å². The molecule has 4 heteroatoms. The largest absolute Gasteiger partial charge is 0.481 e. The maximum atomic E-state index is 12.2. The minimum absolute atomic E-state index is 0.101. The Bertz CT molecular complexity index is 535. The number of carbonyl (C=O) groups is 2. The molecule has 0 aliphatic heterocycles. The minimum atomic E-state index is -1.07. The predicted molar refractivity (Wildman–Crippen MR) is 84.5 cm³/mol. The molecule has 1 saturated carbocycles. The van der Waals surface area contributed by atoms with Gasteiger partial charge in [-0.2, -0.15) is 0 Å². The molecule has 0 aromatic heterocycles. The molecule has 0 aromatic carbocycles. The Balaban J connectivity index is 2.57. The summed E-state index contributed by atoms with van der Waals surface area (Å²) in [6, 6.07) is 0. The Morgan fingerprint density at radius 1 is 1.18 bits per heavy atom. The number of aliphatic carboxylic acids is 2. The average molecular weight is 306 g/mol. The van der Waals surface area contributed by atoms with Gasteiger partial charge in [0.2, 0.25) is 0 Å². The van der Waals surface area contributed by atoms with Crippen LogP contribution in [0.1, 0.15) is 59.3 Å². The Hall–Kier alpha value is -1.58. The summed E-state index contributed by atoms with van der Waals surface area (Å²) in [5.41, 5.74) is 0.841. The molecule has 0 radical (unpaired) electrons. The van der Waals surface area contributed by atoms with Crippen LogP contribution in [-0.2, 0) is 9.59 Å². The Morgan fingerprint density at radius 3 is 2.23 bits per heavy atom. The van der Waals surface area contributed by atoms with Gasteiger partial charge in [-0.1, -0.05) is 39.2 Å². The van der Waals surface area contributed by atoms with Crippen molar-refractivity contribution in [3.63, 3.8) is 0 Å². The van der Waals surface area contributed by atoms with Crippen molar-refractivity contribution >= 4 is 11.9 Å². The fraction of sp³-hybridized carbons (Fsp3) is 0.667. The SMILES string of the molecule is CC1=C(C(=O)O)CC(C(=O)O)(C(C)C)C(C2CCCCC2)=C1. The maximum Gasteiger partial charge on any atom is 0.331 e. The second-order valence-corrected chi connectivity index (χ2v) is 7.01. The van der Waals surface area contributed by atoms with E-state index in [1.807, 2.05) is 19.9 Å². The van der Waals surface area contributed by atoms with Gasteiger partial charge in [-0.15, -0.1) is 0 Å². The van der Waals surface area contributed by atoms with Crippen molar-refractivity contribution in [1.29, 1.82) is 0 Å². The average Bonchev–Trinajstić information content (AvgIpc) is 2.47. The molecule has 2 aliphatic carbocycles. The van der Waals surface area contributed by atoms with Crippen molar-refractivity contribution < 1.29 is 19.8 Å². The highest BCUT2D eigenvalue weighted by Crippen LogP contribution is 2.51. The third-order valence-electron chi connectivity index (χ3n) is 5.49. The molecule has 4 nitrogen and oxygen atoms in total. The van der Waals surface area contributed by atoms with E-state index in [-0.39, 0.29) is 23.8 Å². The zero-order valence-electron chi connectivity index (χ0n) is 13.7. The molecule has 122 valence electrons. The number of carboxylic acids is 2.